The first kappa shape index (κ1) is 12.3. The van der Waals surface area contributed by atoms with Crippen LogP contribution in [-0.4, -0.2) is 43.4 Å². The standard InChI is InChI=1S/C12H19N3O2/c1-9-14-11(10-3-5-17-8-10)7-12(15-9)13-4-6-16-2/h7,10H,3-6,8H2,1-2H3,(H,13,14,15). The van der Waals surface area contributed by atoms with Crippen molar-refractivity contribution in [3.8, 4) is 0 Å². The number of nitrogens with one attached hydrogen (secondary N) is 1. The lowest BCUT2D eigenvalue weighted by Crippen LogP contribution is -2.11. The predicted octanol–water partition coefficient (Wildman–Crippen LogP) is 1.35. The highest BCUT2D eigenvalue weighted by molar-refractivity contribution is 5.37. The second kappa shape index (κ2) is 5.93. The molecule has 17 heavy (non-hydrogen) atoms. The van der Waals surface area contributed by atoms with Gasteiger partial charge in [-0.3, -0.25) is 0 Å². The van der Waals surface area contributed by atoms with Crippen molar-refractivity contribution in [1.82, 2.24) is 9.97 Å². The minimum atomic E-state index is 0.416. The van der Waals surface area contributed by atoms with Gasteiger partial charge in [-0.25, -0.2) is 9.97 Å². The number of nitrogens with zero attached hydrogens (tertiary/aromatic N) is 2. The highest BCUT2D eigenvalue weighted by atomic mass is 16.5. The summed E-state index contributed by atoms with van der Waals surface area (Å²) in [4.78, 5) is 8.84. The number of aryl methyl sites for hydroxylation is 1. The zero-order valence-electron chi connectivity index (χ0n) is 10.4. The molecule has 1 fully saturated rings. The molecule has 1 atom stereocenters. The fraction of sp³-hybridized carbons (Fsp3) is 0.667. The molecule has 0 amide bonds. The third-order valence-electron chi connectivity index (χ3n) is 2.82. The number of hydrogen-bond acceptors (Lipinski definition) is 5. The molecular weight excluding hydrogens is 218 g/mol. The summed E-state index contributed by atoms with van der Waals surface area (Å²) in [6, 6.07) is 2.02. The minimum Gasteiger partial charge on any atom is -0.383 e. The molecule has 94 valence electrons. The van der Waals surface area contributed by atoms with Gasteiger partial charge in [-0.1, -0.05) is 0 Å². The molecule has 1 aliphatic rings. The first-order chi connectivity index (χ1) is 8.29. The first-order valence-corrected chi connectivity index (χ1v) is 5.95. The van der Waals surface area contributed by atoms with Gasteiger partial charge >= 0.3 is 0 Å². The molecule has 5 heteroatoms. The Balaban J connectivity index is 2.05. The Labute approximate surface area is 102 Å². The number of aromatic nitrogens is 2. The van der Waals surface area contributed by atoms with Crippen molar-refractivity contribution < 1.29 is 9.47 Å². The van der Waals surface area contributed by atoms with Crippen LogP contribution >= 0.6 is 0 Å². The third-order valence-corrected chi connectivity index (χ3v) is 2.82. The molecule has 1 unspecified atom stereocenters. The van der Waals surface area contributed by atoms with E-state index in [1.807, 2.05) is 13.0 Å². The van der Waals surface area contributed by atoms with Crippen LogP contribution in [0, 0.1) is 6.92 Å². The Morgan fingerprint density at radius 1 is 1.53 bits per heavy atom. The third kappa shape index (κ3) is 3.38. The highest BCUT2D eigenvalue weighted by Crippen LogP contribution is 2.24. The maximum absolute atomic E-state index is 5.39. The van der Waals surface area contributed by atoms with Gasteiger partial charge in [0.25, 0.3) is 0 Å². The van der Waals surface area contributed by atoms with Crippen LogP contribution in [0.2, 0.25) is 0 Å². The monoisotopic (exact) mass is 237 g/mol. The van der Waals surface area contributed by atoms with Crippen LogP contribution in [0.3, 0.4) is 0 Å². The van der Waals surface area contributed by atoms with Crippen LogP contribution in [0.4, 0.5) is 5.82 Å². The van der Waals surface area contributed by atoms with Gasteiger partial charge in [-0.05, 0) is 13.3 Å². The lowest BCUT2D eigenvalue weighted by Gasteiger charge is -2.11. The molecule has 5 nitrogen and oxygen atoms in total. The zero-order chi connectivity index (χ0) is 12.1. The molecule has 2 heterocycles. The molecule has 0 aliphatic carbocycles. The summed E-state index contributed by atoms with van der Waals surface area (Å²) in [7, 11) is 1.69. The molecule has 2 rings (SSSR count). The van der Waals surface area contributed by atoms with Crippen LogP contribution in [0.5, 0.6) is 0 Å². The number of hydrogen-bond donors (Lipinski definition) is 1. The summed E-state index contributed by atoms with van der Waals surface area (Å²) < 4.78 is 10.4. The van der Waals surface area contributed by atoms with Gasteiger partial charge in [0.2, 0.25) is 0 Å². The molecule has 1 N–H and O–H groups in total. The maximum atomic E-state index is 5.39. The Hall–Kier alpha value is -1.20. The Bertz CT molecular complexity index is 365. The van der Waals surface area contributed by atoms with E-state index in [1.165, 1.54) is 0 Å². The van der Waals surface area contributed by atoms with Crippen LogP contribution in [0.15, 0.2) is 6.07 Å². The SMILES string of the molecule is COCCNc1cc(C2CCOC2)nc(C)n1. The van der Waals surface area contributed by atoms with Crippen LogP contribution < -0.4 is 5.32 Å². The van der Waals surface area contributed by atoms with Crippen LogP contribution in [0.25, 0.3) is 0 Å². The van der Waals surface area contributed by atoms with Gasteiger partial charge < -0.3 is 14.8 Å². The van der Waals surface area contributed by atoms with E-state index in [4.69, 9.17) is 9.47 Å². The average molecular weight is 237 g/mol. The second-order valence-corrected chi connectivity index (χ2v) is 4.21. The number of methoxy groups -OCH3 is 1. The van der Waals surface area contributed by atoms with Crippen molar-refractivity contribution >= 4 is 5.82 Å². The fourth-order valence-corrected chi connectivity index (χ4v) is 1.94. The number of anilines is 1. The lowest BCUT2D eigenvalue weighted by atomic mass is 10.0. The van der Waals surface area contributed by atoms with E-state index >= 15 is 0 Å². The molecule has 1 aliphatic heterocycles. The predicted molar refractivity (Wildman–Crippen MR) is 65.3 cm³/mol. The van der Waals surface area contributed by atoms with E-state index in [1.54, 1.807) is 7.11 Å². The first-order valence-electron chi connectivity index (χ1n) is 5.95. The molecule has 0 radical (unpaired) electrons. The minimum absolute atomic E-state index is 0.416. The molecule has 0 spiro atoms. The average Bonchev–Trinajstić information content (AvgIpc) is 2.82. The molecule has 0 aromatic carbocycles. The van der Waals surface area contributed by atoms with Gasteiger partial charge in [0.15, 0.2) is 0 Å². The summed E-state index contributed by atoms with van der Waals surface area (Å²) in [6.45, 7) is 4.95. The molecule has 0 bridgehead atoms. The normalized spacial score (nSPS) is 19.5. The summed E-state index contributed by atoms with van der Waals surface area (Å²) in [6.07, 6.45) is 1.05. The van der Waals surface area contributed by atoms with E-state index in [2.05, 4.69) is 15.3 Å². The van der Waals surface area contributed by atoms with Crippen LogP contribution in [-0.2, 0) is 9.47 Å². The van der Waals surface area contributed by atoms with Gasteiger partial charge in [0.05, 0.1) is 18.9 Å². The Morgan fingerprint density at radius 2 is 2.41 bits per heavy atom. The molecule has 1 aromatic rings. The van der Waals surface area contributed by atoms with E-state index in [0.717, 1.165) is 43.5 Å². The van der Waals surface area contributed by atoms with Crippen molar-refractivity contribution in [2.24, 2.45) is 0 Å². The largest absolute Gasteiger partial charge is 0.383 e. The summed E-state index contributed by atoms with van der Waals surface area (Å²) >= 11 is 0. The summed E-state index contributed by atoms with van der Waals surface area (Å²) in [5.74, 6) is 2.09. The number of rotatable bonds is 5. The maximum Gasteiger partial charge on any atom is 0.130 e. The van der Waals surface area contributed by atoms with E-state index in [0.29, 0.717) is 12.5 Å². The number of ether oxygens (including phenoxy) is 2. The summed E-state index contributed by atoms with van der Waals surface area (Å²) in [5, 5.41) is 3.23. The Kier molecular flexibility index (Phi) is 4.28. The Morgan fingerprint density at radius 3 is 3.12 bits per heavy atom. The van der Waals surface area contributed by atoms with Crippen molar-refractivity contribution in [2.75, 3.05) is 38.8 Å². The van der Waals surface area contributed by atoms with Crippen molar-refractivity contribution in [1.29, 1.82) is 0 Å². The van der Waals surface area contributed by atoms with Gasteiger partial charge in [0, 0.05) is 32.2 Å². The van der Waals surface area contributed by atoms with Crippen LogP contribution in [0.1, 0.15) is 23.9 Å². The van der Waals surface area contributed by atoms with Gasteiger partial charge in [0.1, 0.15) is 11.6 Å². The van der Waals surface area contributed by atoms with E-state index < -0.39 is 0 Å². The second-order valence-electron chi connectivity index (χ2n) is 4.21. The summed E-state index contributed by atoms with van der Waals surface area (Å²) in [5.41, 5.74) is 1.08. The zero-order valence-corrected chi connectivity index (χ0v) is 10.4. The quantitative estimate of drug-likeness (QED) is 0.783. The van der Waals surface area contributed by atoms with Crippen molar-refractivity contribution in [3.63, 3.8) is 0 Å². The molecular formula is C12H19N3O2. The van der Waals surface area contributed by atoms with E-state index in [-0.39, 0.29) is 0 Å². The highest BCUT2D eigenvalue weighted by Gasteiger charge is 2.20. The fourth-order valence-electron chi connectivity index (χ4n) is 1.94. The smallest absolute Gasteiger partial charge is 0.130 e. The molecule has 0 saturated carbocycles. The van der Waals surface area contributed by atoms with Crippen molar-refractivity contribution in [2.45, 2.75) is 19.3 Å². The van der Waals surface area contributed by atoms with Gasteiger partial charge in [-0.2, -0.15) is 0 Å². The van der Waals surface area contributed by atoms with E-state index in [9.17, 15) is 0 Å². The topological polar surface area (TPSA) is 56.3 Å². The van der Waals surface area contributed by atoms with Gasteiger partial charge in [-0.15, -0.1) is 0 Å². The lowest BCUT2D eigenvalue weighted by molar-refractivity contribution is 0.193. The van der Waals surface area contributed by atoms with Crippen molar-refractivity contribution in [3.05, 3.63) is 17.6 Å². The molecule has 1 saturated heterocycles. The molecule has 1 aromatic heterocycles.